The van der Waals surface area contributed by atoms with Crippen molar-refractivity contribution >= 4 is 23.5 Å². The first kappa shape index (κ1) is 36.0. The summed E-state index contributed by atoms with van der Waals surface area (Å²) in [5.74, 6) is -0.579. The normalized spacial score (nSPS) is 27.9. The maximum absolute atomic E-state index is 13.8. The number of benzene rings is 2. The largest absolute Gasteiger partial charge is 0.481 e. The fourth-order valence-electron chi connectivity index (χ4n) is 7.65. The van der Waals surface area contributed by atoms with E-state index < -0.39 is 12.3 Å². The van der Waals surface area contributed by atoms with Gasteiger partial charge in [-0.25, -0.2) is 0 Å². The summed E-state index contributed by atoms with van der Waals surface area (Å²) in [5, 5.41) is 24.7. The Labute approximate surface area is 284 Å². The molecule has 3 fully saturated rings. The Morgan fingerprint density at radius 3 is 2.40 bits per heavy atom. The molecule has 48 heavy (non-hydrogen) atoms. The van der Waals surface area contributed by atoms with Crippen molar-refractivity contribution in [3.05, 3.63) is 65.2 Å². The van der Waals surface area contributed by atoms with E-state index in [-0.39, 0.29) is 67.4 Å². The van der Waals surface area contributed by atoms with Crippen LogP contribution in [0.3, 0.4) is 0 Å². The van der Waals surface area contributed by atoms with Crippen molar-refractivity contribution < 1.29 is 34.1 Å². The Morgan fingerprint density at radius 1 is 0.938 bits per heavy atom. The van der Waals surface area contributed by atoms with Crippen molar-refractivity contribution in [3.8, 4) is 0 Å². The lowest BCUT2D eigenvalue weighted by molar-refractivity contribution is -0.278. The number of nitrogens with one attached hydrogen (secondary N) is 2. The van der Waals surface area contributed by atoms with E-state index in [1.807, 2.05) is 63.2 Å². The second-order valence-corrected chi connectivity index (χ2v) is 14.9. The van der Waals surface area contributed by atoms with Gasteiger partial charge in [-0.05, 0) is 82.1 Å². The van der Waals surface area contributed by atoms with Crippen LogP contribution in [-0.2, 0) is 30.5 Å². The lowest BCUT2D eigenvalue weighted by atomic mass is 9.75. The molecule has 0 bridgehead atoms. The van der Waals surface area contributed by atoms with Gasteiger partial charge in [-0.2, -0.15) is 0 Å². The quantitative estimate of drug-likeness (QED) is 0.226. The number of amides is 2. The standard InChI is InChI=1S/C38H53N3O7/c1-24-32(22-41-30-12-6-5-9-26(30)19-20-31(41)36(46)40-38(2,3)4)47-37(48-35(24)27-17-15-25(23-42)16-18-27)28-10-7-11-29(21-28)39-33(43)13-8-14-34(44)45/h7,10-11,15-18,21,24,26,30-32,35,37,42H,5-6,8-9,12-14,19-20,22-23H2,1-4H3,(H,39,43)(H,40,46)(H,44,45)/t24-,26-,30-,31-,32+,35+,37+/m1/s1. The number of carboxylic acid groups (broad SMARTS) is 1. The predicted octanol–water partition coefficient (Wildman–Crippen LogP) is 6.10. The van der Waals surface area contributed by atoms with Crippen LogP contribution >= 0.6 is 0 Å². The Balaban J connectivity index is 1.42. The third-order valence-corrected chi connectivity index (χ3v) is 10.1. The average molecular weight is 664 g/mol. The van der Waals surface area contributed by atoms with E-state index in [2.05, 4.69) is 22.5 Å². The van der Waals surface area contributed by atoms with Crippen molar-refractivity contribution in [3.63, 3.8) is 0 Å². The number of ether oxygens (including phenoxy) is 2. The summed E-state index contributed by atoms with van der Waals surface area (Å²) in [5.41, 5.74) is 2.81. The summed E-state index contributed by atoms with van der Waals surface area (Å²) in [6, 6.07) is 15.3. The highest BCUT2D eigenvalue weighted by atomic mass is 16.7. The number of carbonyl (C=O) groups is 3. The molecule has 4 N–H and O–H groups in total. The molecule has 2 heterocycles. The van der Waals surface area contributed by atoms with E-state index in [0.29, 0.717) is 24.2 Å². The van der Waals surface area contributed by atoms with Crippen molar-refractivity contribution in [2.24, 2.45) is 11.8 Å². The number of nitrogens with zero attached hydrogens (tertiary/aromatic N) is 1. The lowest BCUT2D eigenvalue weighted by Gasteiger charge is -2.51. The molecule has 0 unspecified atom stereocenters. The molecule has 2 aromatic carbocycles. The van der Waals surface area contributed by atoms with Crippen LogP contribution in [0.2, 0.25) is 0 Å². The van der Waals surface area contributed by atoms with E-state index >= 15 is 0 Å². The van der Waals surface area contributed by atoms with Crippen LogP contribution in [0.4, 0.5) is 5.69 Å². The molecule has 2 aliphatic heterocycles. The molecule has 262 valence electrons. The zero-order valence-electron chi connectivity index (χ0n) is 28.8. The first-order chi connectivity index (χ1) is 22.9. The van der Waals surface area contributed by atoms with E-state index in [4.69, 9.17) is 14.6 Å². The Hall–Kier alpha value is -3.31. The van der Waals surface area contributed by atoms with Gasteiger partial charge in [0.15, 0.2) is 6.29 Å². The zero-order valence-corrected chi connectivity index (χ0v) is 28.8. The molecule has 2 saturated heterocycles. The molecule has 1 aliphatic carbocycles. The molecular formula is C38H53N3O7. The van der Waals surface area contributed by atoms with Gasteiger partial charge in [0.2, 0.25) is 11.8 Å². The van der Waals surface area contributed by atoms with E-state index in [9.17, 15) is 19.5 Å². The molecule has 0 spiro atoms. The first-order valence-electron chi connectivity index (χ1n) is 17.6. The number of carbonyl (C=O) groups excluding carboxylic acids is 2. The van der Waals surface area contributed by atoms with Crippen LogP contribution in [0.1, 0.15) is 115 Å². The van der Waals surface area contributed by atoms with E-state index in [0.717, 1.165) is 42.4 Å². The number of hydrogen-bond donors (Lipinski definition) is 4. The number of aliphatic hydroxyl groups excluding tert-OH is 1. The summed E-state index contributed by atoms with van der Waals surface area (Å²) in [7, 11) is 0. The number of aliphatic carboxylic acids is 1. The number of likely N-dealkylation sites (tertiary alicyclic amines) is 1. The molecule has 10 heteroatoms. The minimum Gasteiger partial charge on any atom is -0.481 e. The molecule has 3 aliphatic rings. The molecule has 5 rings (SSSR count). The smallest absolute Gasteiger partial charge is 0.303 e. The van der Waals surface area contributed by atoms with Gasteiger partial charge in [0.25, 0.3) is 0 Å². The van der Waals surface area contributed by atoms with Crippen molar-refractivity contribution in [2.45, 2.75) is 128 Å². The van der Waals surface area contributed by atoms with Gasteiger partial charge >= 0.3 is 5.97 Å². The number of hydrogen-bond acceptors (Lipinski definition) is 7. The van der Waals surface area contributed by atoms with Gasteiger partial charge in [-0.3, -0.25) is 19.3 Å². The predicted molar refractivity (Wildman–Crippen MR) is 183 cm³/mol. The minimum atomic E-state index is -0.926. The fraction of sp³-hybridized carbons (Fsp3) is 0.605. The van der Waals surface area contributed by atoms with Gasteiger partial charge in [0.05, 0.1) is 24.9 Å². The zero-order chi connectivity index (χ0) is 34.4. The van der Waals surface area contributed by atoms with Crippen LogP contribution < -0.4 is 10.6 Å². The molecule has 0 aromatic heterocycles. The van der Waals surface area contributed by atoms with Crippen molar-refractivity contribution in [1.82, 2.24) is 10.2 Å². The molecular weight excluding hydrogens is 610 g/mol. The minimum absolute atomic E-state index is 0.0416. The lowest BCUT2D eigenvalue weighted by Crippen LogP contribution is -2.61. The second kappa shape index (κ2) is 15.9. The maximum atomic E-state index is 13.8. The number of rotatable bonds is 11. The number of carboxylic acids is 1. The molecule has 2 aromatic rings. The molecule has 7 atom stereocenters. The summed E-state index contributed by atoms with van der Waals surface area (Å²) < 4.78 is 13.5. The number of fused-ring (bicyclic) bond motifs is 1. The van der Waals surface area contributed by atoms with Crippen LogP contribution in [0.25, 0.3) is 0 Å². The summed E-state index contributed by atoms with van der Waals surface area (Å²) in [6.07, 6.45) is 5.55. The number of piperidine rings is 1. The van der Waals surface area contributed by atoms with Gasteiger partial charge in [-0.1, -0.05) is 56.2 Å². The fourth-order valence-corrected chi connectivity index (χ4v) is 7.65. The van der Waals surface area contributed by atoms with Crippen LogP contribution in [-0.4, -0.2) is 63.2 Å². The summed E-state index contributed by atoms with van der Waals surface area (Å²) in [6.45, 7) is 8.76. The van der Waals surface area contributed by atoms with Crippen LogP contribution in [0, 0.1) is 11.8 Å². The van der Waals surface area contributed by atoms with Crippen LogP contribution in [0.15, 0.2) is 48.5 Å². The van der Waals surface area contributed by atoms with Crippen molar-refractivity contribution in [1.29, 1.82) is 0 Å². The molecule has 10 nitrogen and oxygen atoms in total. The molecule has 0 radical (unpaired) electrons. The third-order valence-electron chi connectivity index (χ3n) is 10.1. The second-order valence-electron chi connectivity index (χ2n) is 14.9. The average Bonchev–Trinajstić information content (AvgIpc) is 3.05. The Morgan fingerprint density at radius 2 is 1.69 bits per heavy atom. The summed E-state index contributed by atoms with van der Waals surface area (Å²) >= 11 is 0. The van der Waals surface area contributed by atoms with E-state index in [1.165, 1.54) is 12.8 Å². The van der Waals surface area contributed by atoms with Gasteiger partial charge in [0.1, 0.15) is 0 Å². The topological polar surface area (TPSA) is 137 Å². The van der Waals surface area contributed by atoms with Gasteiger partial charge in [0, 0.05) is 48.1 Å². The highest BCUT2D eigenvalue weighted by Crippen LogP contribution is 2.44. The van der Waals surface area contributed by atoms with E-state index in [1.54, 1.807) is 6.07 Å². The highest BCUT2D eigenvalue weighted by molar-refractivity contribution is 5.91. The molecule has 2 amide bonds. The number of aliphatic hydroxyl groups is 1. The third kappa shape index (κ3) is 9.22. The van der Waals surface area contributed by atoms with Gasteiger partial charge < -0.3 is 30.3 Å². The Bertz CT molecular complexity index is 1410. The molecule has 1 saturated carbocycles. The Kier molecular flexibility index (Phi) is 11.9. The SMILES string of the molecule is C[C@@H]1[C@H](CN2[C@@H](C(=O)NC(C)(C)C)CC[C@H]3CCCC[C@H]32)O[C@H](c2cccc(NC(=O)CCCC(=O)O)c2)O[C@@H]1c1ccc(CO)cc1. The van der Waals surface area contributed by atoms with Gasteiger partial charge in [-0.15, -0.1) is 0 Å². The number of anilines is 1. The maximum Gasteiger partial charge on any atom is 0.303 e. The highest BCUT2D eigenvalue weighted by Gasteiger charge is 2.46. The first-order valence-corrected chi connectivity index (χ1v) is 17.6. The van der Waals surface area contributed by atoms with Crippen LogP contribution in [0.5, 0.6) is 0 Å². The van der Waals surface area contributed by atoms with Crippen molar-refractivity contribution in [2.75, 3.05) is 11.9 Å². The summed E-state index contributed by atoms with van der Waals surface area (Å²) in [4.78, 5) is 39.6. The monoisotopic (exact) mass is 663 g/mol.